The van der Waals surface area contributed by atoms with Gasteiger partial charge >= 0.3 is 0 Å². The fourth-order valence-corrected chi connectivity index (χ4v) is 2.82. The van der Waals surface area contributed by atoms with Crippen LogP contribution in [0.2, 0.25) is 0 Å². The summed E-state index contributed by atoms with van der Waals surface area (Å²) in [4.78, 5) is 12.6. The number of benzene rings is 2. The van der Waals surface area contributed by atoms with Gasteiger partial charge in [-0.05, 0) is 52.7 Å². The SMILES string of the molecule is Cc1cccc(C(=O)Nc2ccc(Br)cc2C(N)=S)c1Br. The Balaban J connectivity index is 2.36. The number of carbonyl (C=O) groups is 1. The van der Waals surface area contributed by atoms with Crippen LogP contribution in [0.15, 0.2) is 45.3 Å². The van der Waals surface area contributed by atoms with Crippen molar-refractivity contribution < 1.29 is 4.79 Å². The maximum atomic E-state index is 12.4. The predicted octanol–water partition coefficient (Wildman–Crippen LogP) is 4.41. The van der Waals surface area contributed by atoms with Crippen molar-refractivity contribution in [1.82, 2.24) is 0 Å². The number of aryl methyl sites for hydroxylation is 1. The highest BCUT2D eigenvalue weighted by atomic mass is 79.9. The van der Waals surface area contributed by atoms with Gasteiger partial charge in [0, 0.05) is 14.5 Å². The molecule has 0 bridgehead atoms. The number of rotatable bonds is 3. The van der Waals surface area contributed by atoms with Crippen molar-refractivity contribution in [3.8, 4) is 0 Å². The monoisotopic (exact) mass is 426 g/mol. The molecule has 0 spiro atoms. The second-order valence-corrected chi connectivity index (χ2v) is 6.59. The summed E-state index contributed by atoms with van der Waals surface area (Å²) in [6.45, 7) is 1.93. The zero-order valence-corrected chi connectivity index (χ0v) is 15.1. The van der Waals surface area contributed by atoms with Crippen LogP contribution >= 0.6 is 44.1 Å². The highest BCUT2D eigenvalue weighted by Gasteiger charge is 2.14. The van der Waals surface area contributed by atoms with E-state index in [1.807, 2.05) is 25.1 Å². The molecule has 2 rings (SSSR count). The molecule has 3 nitrogen and oxygen atoms in total. The first kappa shape index (κ1) is 16.1. The molecule has 0 aliphatic carbocycles. The Hall–Kier alpha value is -1.24. The lowest BCUT2D eigenvalue weighted by atomic mass is 10.1. The van der Waals surface area contributed by atoms with E-state index in [1.54, 1.807) is 18.2 Å². The Bertz CT molecular complexity index is 732. The molecule has 0 saturated carbocycles. The van der Waals surface area contributed by atoms with Crippen LogP contribution in [0.3, 0.4) is 0 Å². The maximum absolute atomic E-state index is 12.4. The molecule has 0 heterocycles. The zero-order chi connectivity index (χ0) is 15.6. The topological polar surface area (TPSA) is 55.1 Å². The summed E-state index contributed by atoms with van der Waals surface area (Å²) in [5.74, 6) is -0.217. The minimum Gasteiger partial charge on any atom is -0.389 e. The van der Waals surface area contributed by atoms with Gasteiger partial charge in [-0.3, -0.25) is 4.79 Å². The lowest BCUT2D eigenvalue weighted by Crippen LogP contribution is -2.18. The summed E-state index contributed by atoms with van der Waals surface area (Å²) in [6.07, 6.45) is 0. The molecule has 6 heteroatoms. The van der Waals surface area contributed by atoms with E-state index in [0.717, 1.165) is 14.5 Å². The van der Waals surface area contributed by atoms with E-state index in [4.69, 9.17) is 18.0 Å². The molecule has 0 fully saturated rings. The second-order valence-electron chi connectivity index (χ2n) is 4.44. The molecule has 2 aromatic rings. The van der Waals surface area contributed by atoms with Gasteiger partial charge in [-0.2, -0.15) is 0 Å². The van der Waals surface area contributed by atoms with Crippen molar-refractivity contribution in [2.45, 2.75) is 6.92 Å². The van der Waals surface area contributed by atoms with E-state index >= 15 is 0 Å². The van der Waals surface area contributed by atoms with Gasteiger partial charge in [0.15, 0.2) is 0 Å². The summed E-state index contributed by atoms with van der Waals surface area (Å²) in [6, 6.07) is 10.9. The van der Waals surface area contributed by atoms with Gasteiger partial charge in [-0.15, -0.1) is 0 Å². The molecule has 0 aliphatic heterocycles. The molecule has 1 amide bonds. The largest absolute Gasteiger partial charge is 0.389 e. The Morgan fingerprint density at radius 1 is 1.19 bits per heavy atom. The van der Waals surface area contributed by atoms with Crippen LogP contribution in [0.5, 0.6) is 0 Å². The van der Waals surface area contributed by atoms with E-state index in [-0.39, 0.29) is 10.9 Å². The number of hydrogen-bond acceptors (Lipinski definition) is 2. The van der Waals surface area contributed by atoms with Gasteiger partial charge in [0.2, 0.25) is 0 Å². The second kappa shape index (κ2) is 6.68. The van der Waals surface area contributed by atoms with Crippen LogP contribution < -0.4 is 11.1 Å². The van der Waals surface area contributed by atoms with E-state index in [9.17, 15) is 4.79 Å². The molecule has 0 aromatic heterocycles. The van der Waals surface area contributed by atoms with Crippen LogP contribution in [-0.4, -0.2) is 10.9 Å². The highest BCUT2D eigenvalue weighted by Crippen LogP contribution is 2.25. The third kappa shape index (κ3) is 3.70. The molecule has 3 N–H and O–H groups in total. The van der Waals surface area contributed by atoms with Crippen molar-refractivity contribution in [3.63, 3.8) is 0 Å². The van der Waals surface area contributed by atoms with Gasteiger partial charge in [0.25, 0.3) is 5.91 Å². The average Bonchev–Trinajstić information content (AvgIpc) is 2.43. The molecule has 0 radical (unpaired) electrons. The van der Waals surface area contributed by atoms with E-state index < -0.39 is 0 Å². The van der Waals surface area contributed by atoms with E-state index in [1.165, 1.54) is 0 Å². The number of halogens is 2. The molecule has 0 aliphatic rings. The zero-order valence-electron chi connectivity index (χ0n) is 11.1. The Labute approximate surface area is 145 Å². The van der Waals surface area contributed by atoms with Gasteiger partial charge in [-0.1, -0.05) is 40.3 Å². The number of nitrogens with one attached hydrogen (secondary N) is 1. The number of amides is 1. The van der Waals surface area contributed by atoms with Crippen molar-refractivity contribution in [3.05, 3.63) is 62.0 Å². The smallest absolute Gasteiger partial charge is 0.256 e. The van der Waals surface area contributed by atoms with Gasteiger partial charge < -0.3 is 11.1 Å². The summed E-state index contributed by atoms with van der Waals surface area (Å²) < 4.78 is 1.62. The molecule has 2 aromatic carbocycles. The van der Waals surface area contributed by atoms with E-state index in [0.29, 0.717) is 16.8 Å². The van der Waals surface area contributed by atoms with Crippen LogP contribution in [0.25, 0.3) is 0 Å². The lowest BCUT2D eigenvalue weighted by Gasteiger charge is -2.12. The Kier molecular flexibility index (Phi) is 5.13. The predicted molar refractivity (Wildman–Crippen MR) is 96.9 cm³/mol. The molecule has 108 valence electrons. The third-order valence-corrected chi connectivity index (χ3v) is 4.70. The third-order valence-electron chi connectivity index (χ3n) is 2.93. The number of anilines is 1. The molecular weight excluding hydrogens is 416 g/mol. The number of hydrogen-bond donors (Lipinski definition) is 2. The number of thiocarbonyl (C=S) groups is 1. The van der Waals surface area contributed by atoms with Crippen molar-refractivity contribution in [1.29, 1.82) is 0 Å². The van der Waals surface area contributed by atoms with Crippen molar-refractivity contribution >= 4 is 60.7 Å². The van der Waals surface area contributed by atoms with Crippen molar-refractivity contribution in [2.75, 3.05) is 5.32 Å². The molecule has 0 atom stereocenters. The minimum atomic E-state index is -0.217. The first-order valence-electron chi connectivity index (χ1n) is 6.06. The Morgan fingerprint density at radius 2 is 1.90 bits per heavy atom. The molecule has 21 heavy (non-hydrogen) atoms. The summed E-state index contributed by atoms with van der Waals surface area (Å²) >= 11 is 11.8. The van der Waals surface area contributed by atoms with Crippen LogP contribution in [-0.2, 0) is 0 Å². The quantitative estimate of drug-likeness (QED) is 0.713. The minimum absolute atomic E-state index is 0.217. The van der Waals surface area contributed by atoms with Crippen LogP contribution in [0, 0.1) is 6.92 Å². The fraction of sp³-hybridized carbons (Fsp3) is 0.0667. The normalized spacial score (nSPS) is 10.2. The van der Waals surface area contributed by atoms with E-state index in [2.05, 4.69) is 37.2 Å². The summed E-state index contributed by atoms with van der Waals surface area (Å²) in [7, 11) is 0. The first-order chi connectivity index (χ1) is 9.90. The standard InChI is InChI=1S/C15H12Br2N2OS/c1-8-3-2-4-10(13(8)17)15(20)19-12-6-5-9(16)7-11(12)14(18)21/h2-7H,1H3,(H2,18,21)(H,19,20). The summed E-state index contributed by atoms with van der Waals surface area (Å²) in [5, 5.41) is 2.85. The van der Waals surface area contributed by atoms with Crippen LogP contribution in [0.4, 0.5) is 5.69 Å². The first-order valence-corrected chi connectivity index (χ1v) is 8.05. The van der Waals surface area contributed by atoms with Crippen molar-refractivity contribution in [2.24, 2.45) is 5.73 Å². The molecular formula is C15H12Br2N2OS. The van der Waals surface area contributed by atoms with Gasteiger partial charge in [0.1, 0.15) is 4.99 Å². The van der Waals surface area contributed by atoms with Gasteiger partial charge in [0.05, 0.1) is 11.3 Å². The van der Waals surface area contributed by atoms with Gasteiger partial charge in [-0.25, -0.2) is 0 Å². The maximum Gasteiger partial charge on any atom is 0.256 e. The Morgan fingerprint density at radius 3 is 2.57 bits per heavy atom. The van der Waals surface area contributed by atoms with Crippen LogP contribution in [0.1, 0.15) is 21.5 Å². The summed E-state index contributed by atoms with van der Waals surface area (Å²) in [5.41, 5.74) is 8.47. The number of carbonyl (C=O) groups excluding carboxylic acids is 1. The number of nitrogens with two attached hydrogens (primary N) is 1. The fourth-order valence-electron chi connectivity index (χ4n) is 1.84. The highest BCUT2D eigenvalue weighted by molar-refractivity contribution is 9.10. The molecule has 0 saturated heterocycles. The molecule has 0 unspecified atom stereocenters. The lowest BCUT2D eigenvalue weighted by molar-refractivity contribution is 0.102. The average molecular weight is 428 g/mol.